The lowest BCUT2D eigenvalue weighted by atomic mass is 10.2. The van der Waals surface area contributed by atoms with Gasteiger partial charge in [-0.25, -0.2) is 4.39 Å². The minimum Gasteiger partial charge on any atom is -0.489 e. The maximum atomic E-state index is 13.0. The van der Waals surface area contributed by atoms with Crippen LogP contribution in [-0.2, 0) is 4.79 Å². The number of carbonyl (C=O) groups is 1. The highest BCUT2D eigenvalue weighted by Gasteiger charge is 2.10. The number of rotatable bonds is 7. The van der Waals surface area contributed by atoms with E-state index in [9.17, 15) is 9.18 Å². The van der Waals surface area contributed by atoms with E-state index in [1.54, 1.807) is 12.1 Å². The van der Waals surface area contributed by atoms with Crippen molar-refractivity contribution < 1.29 is 13.9 Å². The van der Waals surface area contributed by atoms with E-state index in [0.29, 0.717) is 25.3 Å². The summed E-state index contributed by atoms with van der Waals surface area (Å²) in [5.74, 6) is 0.0308. The molecule has 3 N–H and O–H groups in total. The molecule has 6 heteroatoms. The molecule has 4 nitrogen and oxygen atoms in total. The molecular formula is C13H20ClFN2O2. The Kier molecular flexibility index (Phi) is 8.91. The molecule has 0 aliphatic rings. The van der Waals surface area contributed by atoms with Crippen LogP contribution < -0.4 is 15.8 Å². The van der Waals surface area contributed by atoms with Gasteiger partial charge in [-0.3, -0.25) is 4.79 Å². The zero-order chi connectivity index (χ0) is 13.4. The molecule has 1 amide bonds. The summed E-state index contributed by atoms with van der Waals surface area (Å²) < 4.78 is 18.6. The SMILES string of the molecule is CCC(CNC(=O)CCN)Oc1cccc(F)c1.Cl. The van der Waals surface area contributed by atoms with Crippen LogP contribution in [0, 0.1) is 5.82 Å². The van der Waals surface area contributed by atoms with Crippen molar-refractivity contribution in [2.24, 2.45) is 5.73 Å². The van der Waals surface area contributed by atoms with Crippen LogP contribution in [-0.4, -0.2) is 25.1 Å². The molecule has 0 fully saturated rings. The molecule has 0 aliphatic carbocycles. The lowest BCUT2D eigenvalue weighted by molar-refractivity contribution is -0.121. The largest absolute Gasteiger partial charge is 0.489 e. The average molecular weight is 291 g/mol. The van der Waals surface area contributed by atoms with Crippen LogP contribution >= 0.6 is 12.4 Å². The Labute approximate surface area is 118 Å². The topological polar surface area (TPSA) is 64.4 Å². The third-order valence-corrected chi connectivity index (χ3v) is 2.45. The van der Waals surface area contributed by atoms with E-state index in [4.69, 9.17) is 10.5 Å². The van der Waals surface area contributed by atoms with Crippen LogP contribution in [0.3, 0.4) is 0 Å². The van der Waals surface area contributed by atoms with E-state index in [1.807, 2.05) is 6.92 Å². The van der Waals surface area contributed by atoms with Gasteiger partial charge in [0.1, 0.15) is 17.7 Å². The van der Waals surface area contributed by atoms with Crippen LogP contribution in [0.25, 0.3) is 0 Å². The molecule has 0 spiro atoms. The first kappa shape index (κ1) is 17.7. The van der Waals surface area contributed by atoms with Crippen molar-refractivity contribution in [2.45, 2.75) is 25.9 Å². The van der Waals surface area contributed by atoms with Gasteiger partial charge in [-0.15, -0.1) is 12.4 Å². The van der Waals surface area contributed by atoms with Crippen molar-refractivity contribution in [1.29, 1.82) is 0 Å². The van der Waals surface area contributed by atoms with Gasteiger partial charge in [0.2, 0.25) is 5.91 Å². The summed E-state index contributed by atoms with van der Waals surface area (Å²) in [4.78, 5) is 11.3. The van der Waals surface area contributed by atoms with Gasteiger partial charge in [0.25, 0.3) is 0 Å². The van der Waals surface area contributed by atoms with Crippen molar-refractivity contribution in [1.82, 2.24) is 5.32 Å². The number of hydrogen-bond acceptors (Lipinski definition) is 3. The summed E-state index contributed by atoms with van der Waals surface area (Å²) in [5, 5.41) is 2.73. The Morgan fingerprint density at radius 3 is 2.84 bits per heavy atom. The molecule has 0 saturated heterocycles. The summed E-state index contributed by atoms with van der Waals surface area (Å²) in [6.07, 6.45) is 0.851. The molecule has 108 valence electrons. The molecule has 1 rings (SSSR count). The number of hydrogen-bond donors (Lipinski definition) is 2. The maximum Gasteiger partial charge on any atom is 0.221 e. The predicted octanol–water partition coefficient (Wildman–Crippen LogP) is 1.87. The van der Waals surface area contributed by atoms with Crippen molar-refractivity contribution >= 4 is 18.3 Å². The first-order chi connectivity index (χ1) is 8.65. The van der Waals surface area contributed by atoms with Crippen LogP contribution in [0.5, 0.6) is 5.75 Å². The molecule has 0 radical (unpaired) electrons. The highest BCUT2D eigenvalue weighted by atomic mass is 35.5. The van der Waals surface area contributed by atoms with Gasteiger partial charge in [0.15, 0.2) is 0 Å². The normalized spacial score (nSPS) is 11.3. The number of carbonyl (C=O) groups excluding carboxylic acids is 1. The van der Waals surface area contributed by atoms with Crippen molar-refractivity contribution in [2.75, 3.05) is 13.1 Å². The zero-order valence-electron chi connectivity index (χ0n) is 10.9. The molecule has 0 bridgehead atoms. The Hall–Kier alpha value is -1.33. The van der Waals surface area contributed by atoms with Gasteiger partial charge in [-0.1, -0.05) is 13.0 Å². The highest BCUT2D eigenvalue weighted by Crippen LogP contribution is 2.14. The highest BCUT2D eigenvalue weighted by molar-refractivity contribution is 5.85. The van der Waals surface area contributed by atoms with Gasteiger partial charge in [0, 0.05) is 19.0 Å². The average Bonchev–Trinajstić information content (AvgIpc) is 2.35. The van der Waals surface area contributed by atoms with Gasteiger partial charge in [0.05, 0.1) is 6.54 Å². The molecule has 1 aromatic carbocycles. The maximum absolute atomic E-state index is 13.0. The quantitative estimate of drug-likeness (QED) is 0.806. The minimum atomic E-state index is -0.338. The second kappa shape index (κ2) is 9.58. The van der Waals surface area contributed by atoms with E-state index >= 15 is 0 Å². The molecule has 0 heterocycles. The van der Waals surface area contributed by atoms with Gasteiger partial charge in [-0.05, 0) is 18.6 Å². The fourth-order valence-corrected chi connectivity index (χ4v) is 1.45. The van der Waals surface area contributed by atoms with Crippen LogP contribution in [0.1, 0.15) is 19.8 Å². The van der Waals surface area contributed by atoms with Crippen molar-refractivity contribution in [3.05, 3.63) is 30.1 Å². The summed E-state index contributed by atoms with van der Waals surface area (Å²) in [6.45, 7) is 2.66. The molecule has 0 aliphatic heterocycles. The third kappa shape index (κ3) is 6.98. The summed E-state index contributed by atoms with van der Waals surface area (Å²) in [7, 11) is 0. The summed E-state index contributed by atoms with van der Waals surface area (Å²) in [6, 6.07) is 5.96. The zero-order valence-corrected chi connectivity index (χ0v) is 11.7. The summed E-state index contributed by atoms with van der Waals surface area (Å²) >= 11 is 0. The van der Waals surface area contributed by atoms with Gasteiger partial charge >= 0.3 is 0 Å². The fraction of sp³-hybridized carbons (Fsp3) is 0.462. The Balaban J connectivity index is 0.00000324. The molecular weight excluding hydrogens is 271 g/mol. The number of halogens is 2. The number of nitrogens with one attached hydrogen (secondary N) is 1. The Morgan fingerprint density at radius 1 is 1.53 bits per heavy atom. The van der Waals surface area contributed by atoms with E-state index in [-0.39, 0.29) is 30.2 Å². The smallest absolute Gasteiger partial charge is 0.221 e. The van der Waals surface area contributed by atoms with E-state index < -0.39 is 0 Å². The Morgan fingerprint density at radius 2 is 2.26 bits per heavy atom. The first-order valence-corrected chi connectivity index (χ1v) is 6.04. The second-order valence-corrected chi connectivity index (χ2v) is 3.95. The lowest BCUT2D eigenvalue weighted by Gasteiger charge is -2.18. The predicted molar refractivity (Wildman–Crippen MR) is 75.0 cm³/mol. The second-order valence-electron chi connectivity index (χ2n) is 3.95. The molecule has 0 aromatic heterocycles. The first-order valence-electron chi connectivity index (χ1n) is 6.04. The van der Waals surface area contributed by atoms with Crippen LogP contribution in [0.2, 0.25) is 0 Å². The molecule has 1 atom stereocenters. The van der Waals surface area contributed by atoms with Crippen LogP contribution in [0.15, 0.2) is 24.3 Å². The summed E-state index contributed by atoms with van der Waals surface area (Å²) in [5.41, 5.74) is 5.27. The van der Waals surface area contributed by atoms with Gasteiger partial charge in [-0.2, -0.15) is 0 Å². The number of nitrogens with two attached hydrogens (primary N) is 1. The van der Waals surface area contributed by atoms with Crippen LogP contribution in [0.4, 0.5) is 4.39 Å². The number of amides is 1. The Bertz CT molecular complexity index is 391. The monoisotopic (exact) mass is 290 g/mol. The number of benzene rings is 1. The standard InChI is InChI=1S/C13H19FN2O2.ClH/c1-2-11(9-16-13(17)6-7-15)18-12-5-3-4-10(14)8-12;/h3-5,8,11H,2,6-7,9,15H2,1H3,(H,16,17);1H. The van der Waals surface area contributed by atoms with Crippen molar-refractivity contribution in [3.63, 3.8) is 0 Å². The van der Waals surface area contributed by atoms with E-state index in [2.05, 4.69) is 5.32 Å². The van der Waals surface area contributed by atoms with Gasteiger partial charge < -0.3 is 15.8 Å². The molecule has 1 aromatic rings. The van der Waals surface area contributed by atoms with Crippen molar-refractivity contribution in [3.8, 4) is 5.75 Å². The lowest BCUT2D eigenvalue weighted by Crippen LogP contribution is -2.35. The number of ether oxygens (including phenoxy) is 1. The fourth-order valence-electron chi connectivity index (χ4n) is 1.45. The molecule has 0 saturated carbocycles. The molecule has 19 heavy (non-hydrogen) atoms. The molecule has 1 unspecified atom stereocenters. The van der Waals surface area contributed by atoms with E-state index in [0.717, 1.165) is 6.42 Å². The minimum absolute atomic E-state index is 0. The van der Waals surface area contributed by atoms with E-state index in [1.165, 1.54) is 12.1 Å². The third-order valence-electron chi connectivity index (χ3n) is 2.45.